The van der Waals surface area contributed by atoms with Crippen molar-refractivity contribution in [2.75, 3.05) is 5.75 Å². The second-order valence-electron chi connectivity index (χ2n) is 5.52. The minimum absolute atomic E-state index is 0.0772. The number of halogens is 1. The van der Waals surface area contributed by atoms with Gasteiger partial charge in [0, 0.05) is 17.3 Å². The number of aryl methyl sites for hydroxylation is 2. The summed E-state index contributed by atoms with van der Waals surface area (Å²) in [7, 11) is -3.73. The number of nitrogens with zero attached hydrogens (tertiary/aromatic N) is 2. The smallest absolute Gasteiger partial charge is 0.238 e. The number of primary sulfonamides is 1. The van der Waals surface area contributed by atoms with E-state index in [2.05, 4.69) is 9.55 Å². The molecule has 0 unspecified atom stereocenters. The largest absolute Gasteiger partial charge is 0.319 e. The highest BCUT2D eigenvalue weighted by Gasteiger charge is 2.14. The van der Waals surface area contributed by atoms with Crippen molar-refractivity contribution in [1.82, 2.24) is 9.55 Å². The Morgan fingerprint density at radius 2 is 2.00 bits per heavy atom. The lowest BCUT2D eigenvalue weighted by molar-refractivity contribution is 0.598. The maximum Gasteiger partial charge on any atom is 0.238 e. The van der Waals surface area contributed by atoms with Gasteiger partial charge in [-0.05, 0) is 43.2 Å². The number of thioether (sulfide) groups is 1. The molecule has 1 heterocycles. The van der Waals surface area contributed by atoms with E-state index >= 15 is 0 Å². The van der Waals surface area contributed by atoms with Crippen molar-refractivity contribution in [3.05, 3.63) is 53.1 Å². The number of aromatic nitrogens is 2. The molecule has 0 aliphatic heterocycles. The van der Waals surface area contributed by atoms with Crippen molar-refractivity contribution >= 4 is 44.4 Å². The van der Waals surface area contributed by atoms with Crippen LogP contribution in [0.3, 0.4) is 0 Å². The molecule has 1 aromatic heterocycles. The normalized spacial score (nSPS) is 12.0. The topological polar surface area (TPSA) is 78.0 Å². The number of hydrogen-bond donors (Lipinski definition) is 1. The van der Waals surface area contributed by atoms with Crippen LogP contribution in [0, 0.1) is 0 Å². The second-order valence-corrected chi connectivity index (χ2v) is 8.55. The van der Waals surface area contributed by atoms with Crippen LogP contribution in [0.25, 0.3) is 11.0 Å². The van der Waals surface area contributed by atoms with Crippen LogP contribution in [-0.4, -0.2) is 23.7 Å². The van der Waals surface area contributed by atoms with E-state index in [0.29, 0.717) is 5.52 Å². The molecule has 2 N–H and O–H groups in total. The fourth-order valence-corrected chi connectivity index (χ4v) is 4.45. The van der Waals surface area contributed by atoms with Gasteiger partial charge in [0.1, 0.15) is 0 Å². The molecule has 0 spiro atoms. The molecule has 0 aliphatic rings. The van der Waals surface area contributed by atoms with Crippen LogP contribution < -0.4 is 5.14 Å². The number of imidazole rings is 1. The summed E-state index contributed by atoms with van der Waals surface area (Å²) < 4.78 is 25.1. The van der Waals surface area contributed by atoms with Crippen molar-refractivity contribution in [2.45, 2.75) is 29.9 Å². The van der Waals surface area contributed by atoms with Crippen LogP contribution in [0.1, 0.15) is 12.5 Å². The van der Waals surface area contributed by atoms with E-state index in [1.165, 1.54) is 12.1 Å². The summed E-state index contributed by atoms with van der Waals surface area (Å²) in [5.41, 5.74) is 2.64. The number of benzene rings is 2. The monoisotopic (exact) mass is 395 g/mol. The third-order valence-electron chi connectivity index (χ3n) is 3.89. The van der Waals surface area contributed by atoms with E-state index in [-0.39, 0.29) is 4.90 Å². The average Bonchev–Trinajstić information content (AvgIpc) is 2.92. The molecule has 0 saturated carbocycles. The number of rotatable bonds is 6. The zero-order chi connectivity index (χ0) is 18.0. The van der Waals surface area contributed by atoms with Crippen molar-refractivity contribution in [2.24, 2.45) is 5.14 Å². The highest BCUT2D eigenvalue weighted by atomic mass is 35.5. The molecule has 5 nitrogen and oxygen atoms in total. The highest BCUT2D eigenvalue weighted by Crippen LogP contribution is 2.27. The molecular weight excluding hydrogens is 378 g/mol. The van der Waals surface area contributed by atoms with Gasteiger partial charge in [0.15, 0.2) is 5.16 Å². The number of nitrogens with two attached hydrogens (primary N) is 1. The molecule has 8 heteroatoms. The molecule has 2 aromatic carbocycles. The third kappa shape index (κ3) is 4.00. The molecular formula is C17H18ClN3O2S2. The molecule has 0 saturated heterocycles. The van der Waals surface area contributed by atoms with E-state index in [4.69, 9.17) is 16.7 Å². The van der Waals surface area contributed by atoms with Crippen molar-refractivity contribution in [1.29, 1.82) is 0 Å². The maximum atomic E-state index is 11.5. The van der Waals surface area contributed by atoms with Crippen molar-refractivity contribution in [3.8, 4) is 0 Å². The van der Waals surface area contributed by atoms with E-state index in [9.17, 15) is 8.42 Å². The van der Waals surface area contributed by atoms with Crippen LogP contribution in [0.15, 0.2) is 52.5 Å². The van der Waals surface area contributed by atoms with Gasteiger partial charge in [0.2, 0.25) is 10.0 Å². The van der Waals surface area contributed by atoms with Crippen LogP contribution >= 0.6 is 23.4 Å². The highest BCUT2D eigenvalue weighted by molar-refractivity contribution is 7.99. The van der Waals surface area contributed by atoms with Gasteiger partial charge in [-0.15, -0.1) is 0 Å². The summed E-state index contributed by atoms with van der Waals surface area (Å²) in [6.45, 7) is 2.78. The third-order valence-corrected chi connectivity index (χ3v) is 6.15. The molecule has 0 bridgehead atoms. The molecule has 0 aliphatic carbocycles. The molecule has 0 amide bonds. The average molecular weight is 396 g/mol. The predicted octanol–water partition coefficient (Wildman–Crippen LogP) is 3.69. The molecule has 0 fully saturated rings. The Kier molecular flexibility index (Phi) is 5.38. The summed E-state index contributed by atoms with van der Waals surface area (Å²) in [5, 5.41) is 6.83. The number of fused-ring (bicyclic) bond motifs is 1. The van der Waals surface area contributed by atoms with Gasteiger partial charge < -0.3 is 4.57 Å². The standard InChI is InChI=1S/C17H18ClN3O2S2/c1-2-21-16-8-7-13(25(19,22)23)11-15(16)20-17(21)24-10-9-12-5-3-4-6-14(12)18/h3-8,11H,2,9-10H2,1H3,(H2,19,22,23). The zero-order valence-electron chi connectivity index (χ0n) is 13.6. The Bertz CT molecular complexity index is 1020. The minimum atomic E-state index is -3.73. The first-order valence-corrected chi connectivity index (χ1v) is 10.7. The lowest BCUT2D eigenvalue weighted by atomic mass is 10.2. The summed E-state index contributed by atoms with van der Waals surface area (Å²) in [6, 6.07) is 12.6. The fourth-order valence-electron chi connectivity index (χ4n) is 2.63. The van der Waals surface area contributed by atoms with Crippen molar-refractivity contribution < 1.29 is 8.42 Å². The summed E-state index contributed by atoms with van der Waals surface area (Å²) in [6.07, 6.45) is 0.833. The maximum absolute atomic E-state index is 11.5. The van der Waals surface area contributed by atoms with E-state index < -0.39 is 10.0 Å². The van der Waals surface area contributed by atoms with Gasteiger partial charge in [-0.3, -0.25) is 0 Å². The second kappa shape index (κ2) is 7.37. The van der Waals surface area contributed by atoms with E-state index in [0.717, 1.165) is 40.0 Å². The van der Waals surface area contributed by atoms with Gasteiger partial charge in [-0.25, -0.2) is 18.5 Å². The first kappa shape index (κ1) is 18.3. The Balaban J connectivity index is 1.84. The zero-order valence-corrected chi connectivity index (χ0v) is 16.0. The minimum Gasteiger partial charge on any atom is -0.319 e. The van der Waals surface area contributed by atoms with Gasteiger partial charge >= 0.3 is 0 Å². The number of sulfonamides is 1. The van der Waals surface area contributed by atoms with Crippen LogP contribution in [-0.2, 0) is 23.0 Å². The van der Waals surface area contributed by atoms with Gasteiger partial charge in [0.25, 0.3) is 0 Å². The predicted molar refractivity (Wildman–Crippen MR) is 103 cm³/mol. The summed E-state index contributed by atoms with van der Waals surface area (Å²) in [5.74, 6) is 0.828. The van der Waals surface area contributed by atoms with Crippen LogP contribution in [0.5, 0.6) is 0 Å². The lowest BCUT2D eigenvalue weighted by Gasteiger charge is -2.06. The van der Waals surface area contributed by atoms with Crippen LogP contribution in [0.4, 0.5) is 0 Å². The van der Waals surface area contributed by atoms with E-state index in [1.807, 2.05) is 31.2 Å². The van der Waals surface area contributed by atoms with Gasteiger partial charge in [0.05, 0.1) is 15.9 Å². The molecule has 0 atom stereocenters. The Hall–Kier alpha value is -1.54. The summed E-state index contributed by atoms with van der Waals surface area (Å²) >= 11 is 7.82. The van der Waals surface area contributed by atoms with Gasteiger partial charge in [-0.1, -0.05) is 41.6 Å². The van der Waals surface area contributed by atoms with Gasteiger partial charge in [-0.2, -0.15) is 0 Å². The SMILES string of the molecule is CCn1c(SCCc2ccccc2Cl)nc2cc(S(N)(=O)=O)ccc21. The Morgan fingerprint density at radius 1 is 1.24 bits per heavy atom. The number of hydrogen-bond acceptors (Lipinski definition) is 4. The Labute approximate surface area is 156 Å². The lowest BCUT2D eigenvalue weighted by Crippen LogP contribution is -2.11. The molecule has 25 heavy (non-hydrogen) atoms. The van der Waals surface area contributed by atoms with E-state index in [1.54, 1.807) is 17.8 Å². The summed E-state index contributed by atoms with van der Waals surface area (Å²) in [4.78, 5) is 4.66. The molecule has 132 valence electrons. The Morgan fingerprint density at radius 3 is 2.68 bits per heavy atom. The van der Waals surface area contributed by atoms with Crippen LogP contribution in [0.2, 0.25) is 5.02 Å². The quantitative estimate of drug-likeness (QED) is 0.645. The molecule has 3 rings (SSSR count). The first-order chi connectivity index (χ1) is 11.9. The molecule has 0 radical (unpaired) electrons. The fraction of sp³-hybridized carbons (Fsp3) is 0.235. The van der Waals surface area contributed by atoms with Crippen molar-refractivity contribution in [3.63, 3.8) is 0 Å². The molecule has 3 aromatic rings. The first-order valence-electron chi connectivity index (χ1n) is 7.79.